The van der Waals surface area contributed by atoms with E-state index < -0.39 is 23.8 Å². The standard InChI is InChI=1S/C14H24O6/c1-9(2)5-10(6-12(15)16)3-4-11(7-13(17)18)8-14(19)20/h9-11H,3-8H2,1-2H3,(H,15,16)(H,17,18)(H,19,20). The van der Waals surface area contributed by atoms with Crippen molar-refractivity contribution in [3.05, 3.63) is 0 Å². The van der Waals surface area contributed by atoms with Crippen molar-refractivity contribution >= 4 is 17.9 Å². The van der Waals surface area contributed by atoms with E-state index in [-0.39, 0.29) is 25.2 Å². The van der Waals surface area contributed by atoms with Gasteiger partial charge in [-0.25, -0.2) is 0 Å². The molecule has 0 saturated carbocycles. The van der Waals surface area contributed by atoms with Crippen LogP contribution in [0.15, 0.2) is 0 Å². The molecular formula is C14H24O6. The van der Waals surface area contributed by atoms with E-state index in [0.717, 1.165) is 6.42 Å². The second-order valence-electron chi connectivity index (χ2n) is 5.73. The van der Waals surface area contributed by atoms with Crippen molar-refractivity contribution < 1.29 is 29.7 Å². The fourth-order valence-electron chi connectivity index (χ4n) is 2.46. The van der Waals surface area contributed by atoms with Crippen LogP contribution in [0.4, 0.5) is 0 Å². The molecule has 0 spiro atoms. The summed E-state index contributed by atoms with van der Waals surface area (Å²) < 4.78 is 0. The number of carbonyl (C=O) groups is 3. The number of carboxylic acids is 3. The monoisotopic (exact) mass is 288 g/mol. The molecule has 1 unspecified atom stereocenters. The summed E-state index contributed by atoms with van der Waals surface area (Å²) in [5.74, 6) is -3.02. The molecule has 1 atom stereocenters. The van der Waals surface area contributed by atoms with Crippen molar-refractivity contribution in [3.8, 4) is 0 Å². The molecule has 0 aromatic carbocycles. The van der Waals surface area contributed by atoms with Gasteiger partial charge in [0.25, 0.3) is 0 Å². The van der Waals surface area contributed by atoms with Crippen LogP contribution in [0.3, 0.4) is 0 Å². The van der Waals surface area contributed by atoms with E-state index in [0.29, 0.717) is 18.8 Å². The largest absolute Gasteiger partial charge is 0.481 e. The number of hydrogen-bond donors (Lipinski definition) is 3. The third-order valence-corrected chi connectivity index (χ3v) is 3.18. The lowest BCUT2D eigenvalue weighted by molar-refractivity contribution is -0.142. The molecule has 0 fully saturated rings. The molecule has 20 heavy (non-hydrogen) atoms. The second-order valence-corrected chi connectivity index (χ2v) is 5.73. The van der Waals surface area contributed by atoms with Crippen LogP contribution in [0.25, 0.3) is 0 Å². The van der Waals surface area contributed by atoms with Crippen LogP contribution in [-0.2, 0) is 14.4 Å². The highest BCUT2D eigenvalue weighted by atomic mass is 16.4. The Morgan fingerprint density at radius 1 is 0.750 bits per heavy atom. The lowest BCUT2D eigenvalue weighted by atomic mass is 9.85. The van der Waals surface area contributed by atoms with Crippen LogP contribution in [0.2, 0.25) is 0 Å². The van der Waals surface area contributed by atoms with Crippen molar-refractivity contribution in [2.24, 2.45) is 17.8 Å². The zero-order valence-corrected chi connectivity index (χ0v) is 12.0. The summed E-state index contributed by atoms with van der Waals surface area (Å²) in [6, 6.07) is 0. The molecule has 0 aromatic heterocycles. The SMILES string of the molecule is CC(C)CC(CCC(CC(=O)O)CC(=O)O)CC(=O)O. The second kappa shape index (κ2) is 9.34. The molecule has 0 saturated heterocycles. The quantitative estimate of drug-likeness (QED) is 0.538. The van der Waals surface area contributed by atoms with E-state index in [9.17, 15) is 14.4 Å². The van der Waals surface area contributed by atoms with Gasteiger partial charge in [0, 0.05) is 19.3 Å². The van der Waals surface area contributed by atoms with Crippen molar-refractivity contribution in [1.29, 1.82) is 0 Å². The molecule has 0 aliphatic carbocycles. The Morgan fingerprint density at radius 3 is 1.45 bits per heavy atom. The van der Waals surface area contributed by atoms with Gasteiger partial charge in [-0.3, -0.25) is 14.4 Å². The highest BCUT2D eigenvalue weighted by Crippen LogP contribution is 2.25. The van der Waals surface area contributed by atoms with Crippen molar-refractivity contribution in [1.82, 2.24) is 0 Å². The van der Waals surface area contributed by atoms with Crippen LogP contribution in [-0.4, -0.2) is 33.2 Å². The van der Waals surface area contributed by atoms with Gasteiger partial charge >= 0.3 is 17.9 Å². The molecule has 0 radical (unpaired) electrons. The fourth-order valence-corrected chi connectivity index (χ4v) is 2.46. The Kier molecular flexibility index (Phi) is 8.59. The first kappa shape index (κ1) is 18.4. The van der Waals surface area contributed by atoms with Gasteiger partial charge in [0.05, 0.1) is 0 Å². The number of aliphatic carboxylic acids is 3. The third-order valence-electron chi connectivity index (χ3n) is 3.18. The molecule has 0 amide bonds. The molecule has 116 valence electrons. The third kappa shape index (κ3) is 10.3. The van der Waals surface area contributed by atoms with Gasteiger partial charge in [-0.1, -0.05) is 13.8 Å². The average molecular weight is 288 g/mol. The van der Waals surface area contributed by atoms with Crippen molar-refractivity contribution in [2.75, 3.05) is 0 Å². The van der Waals surface area contributed by atoms with Gasteiger partial charge in [0.2, 0.25) is 0 Å². The van der Waals surface area contributed by atoms with Crippen molar-refractivity contribution in [2.45, 2.75) is 52.4 Å². The minimum atomic E-state index is -1.02. The van der Waals surface area contributed by atoms with Gasteiger partial charge in [-0.05, 0) is 37.0 Å². The Morgan fingerprint density at radius 2 is 1.10 bits per heavy atom. The van der Waals surface area contributed by atoms with Crippen LogP contribution >= 0.6 is 0 Å². The fraction of sp³-hybridized carbons (Fsp3) is 0.786. The van der Waals surface area contributed by atoms with Gasteiger partial charge in [0.15, 0.2) is 0 Å². The normalized spacial score (nSPS) is 12.6. The summed E-state index contributed by atoms with van der Waals surface area (Å²) in [4.78, 5) is 32.2. The summed E-state index contributed by atoms with van der Waals surface area (Å²) in [6.45, 7) is 4.00. The minimum Gasteiger partial charge on any atom is -0.481 e. The van der Waals surface area contributed by atoms with Crippen molar-refractivity contribution in [3.63, 3.8) is 0 Å². The van der Waals surface area contributed by atoms with Gasteiger partial charge in [-0.2, -0.15) is 0 Å². The topological polar surface area (TPSA) is 112 Å². The van der Waals surface area contributed by atoms with Gasteiger partial charge in [-0.15, -0.1) is 0 Å². The van der Waals surface area contributed by atoms with Gasteiger partial charge < -0.3 is 15.3 Å². The Bertz CT molecular complexity index is 321. The van der Waals surface area contributed by atoms with E-state index in [4.69, 9.17) is 15.3 Å². The van der Waals surface area contributed by atoms with Gasteiger partial charge in [0.1, 0.15) is 0 Å². The minimum absolute atomic E-state index is 0.0300. The predicted octanol–water partition coefficient (Wildman–Crippen LogP) is 2.47. The molecule has 0 rings (SSSR count). The first-order valence-corrected chi connectivity index (χ1v) is 6.86. The van der Waals surface area contributed by atoms with E-state index in [1.165, 1.54) is 0 Å². The molecular weight excluding hydrogens is 264 g/mol. The zero-order chi connectivity index (χ0) is 15.7. The lowest BCUT2D eigenvalue weighted by Gasteiger charge is -2.20. The number of hydrogen-bond acceptors (Lipinski definition) is 3. The maximum Gasteiger partial charge on any atom is 0.303 e. The molecule has 0 bridgehead atoms. The lowest BCUT2D eigenvalue weighted by Crippen LogP contribution is -2.16. The van der Waals surface area contributed by atoms with E-state index >= 15 is 0 Å². The zero-order valence-electron chi connectivity index (χ0n) is 12.0. The average Bonchev–Trinajstić information content (AvgIpc) is 2.22. The maximum atomic E-state index is 10.8. The molecule has 0 aromatic rings. The van der Waals surface area contributed by atoms with E-state index in [2.05, 4.69) is 0 Å². The van der Waals surface area contributed by atoms with Crippen LogP contribution in [0, 0.1) is 17.8 Å². The summed E-state index contributed by atoms with van der Waals surface area (Å²) in [7, 11) is 0. The van der Waals surface area contributed by atoms with Crippen LogP contribution in [0.5, 0.6) is 0 Å². The highest BCUT2D eigenvalue weighted by molar-refractivity contribution is 5.70. The van der Waals surface area contributed by atoms with E-state index in [1.807, 2.05) is 13.8 Å². The van der Waals surface area contributed by atoms with Crippen LogP contribution < -0.4 is 0 Å². The molecule has 0 heterocycles. The predicted molar refractivity (Wildman–Crippen MR) is 72.4 cm³/mol. The Hall–Kier alpha value is -1.59. The number of rotatable bonds is 11. The van der Waals surface area contributed by atoms with Crippen LogP contribution in [0.1, 0.15) is 52.4 Å². The van der Waals surface area contributed by atoms with E-state index in [1.54, 1.807) is 0 Å². The molecule has 6 nitrogen and oxygen atoms in total. The first-order chi connectivity index (χ1) is 9.20. The maximum absolute atomic E-state index is 10.8. The summed E-state index contributed by atoms with van der Waals surface area (Å²) in [5.41, 5.74) is 0. The molecule has 3 N–H and O–H groups in total. The molecule has 0 aliphatic rings. The highest BCUT2D eigenvalue weighted by Gasteiger charge is 2.21. The first-order valence-electron chi connectivity index (χ1n) is 6.86. The smallest absolute Gasteiger partial charge is 0.303 e. The summed E-state index contributed by atoms with van der Waals surface area (Å²) in [5, 5.41) is 26.4. The summed E-state index contributed by atoms with van der Waals surface area (Å²) >= 11 is 0. The molecule has 0 aliphatic heterocycles. The Balaban J connectivity index is 4.46. The number of carboxylic acid groups (broad SMARTS) is 3. The Labute approximate surface area is 118 Å². The summed E-state index contributed by atoms with van der Waals surface area (Å²) in [6.07, 6.45) is 1.41. The molecule has 6 heteroatoms.